The fourth-order valence-corrected chi connectivity index (χ4v) is 16.6. The van der Waals surface area contributed by atoms with E-state index in [1.165, 1.54) is 164 Å². The van der Waals surface area contributed by atoms with Gasteiger partial charge in [-0.1, -0.05) is 191 Å². The molecule has 3 aromatic heterocycles. The summed E-state index contributed by atoms with van der Waals surface area (Å²) in [5.74, 6) is 3.14. The predicted molar refractivity (Wildman–Crippen MR) is 372 cm³/mol. The number of hydrogen-bond acceptors (Lipinski definition) is 3. The number of rotatable bonds is 0. The highest BCUT2D eigenvalue weighted by atomic mass is 16.5. The third-order valence-electron chi connectivity index (χ3n) is 20.8. The van der Waals surface area contributed by atoms with Crippen LogP contribution in [0.15, 0.2) is 219 Å². The van der Waals surface area contributed by atoms with Crippen molar-refractivity contribution >= 4 is 97.1 Å². The summed E-state index contributed by atoms with van der Waals surface area (Å²) in [7, 11) is 0. The van der Waals surface area contributed by atoms with Crippen molar-refractivity contribution in [3.8, 4) is 51.0 Å². The standard InChI is InChI=1S/C31H22NO.C27H20NO.C23H18NO.3CH4/c1-31(2)25-15-22-13-19-8-3-4-9-20(19)14-24(22)30-27(25)29-28(31)26-21(16-32(29)17-33-30)12-11-18-7-5-6-10-23(18)26;1-27(2)21-14-20-18-9-5-3-7-16(18)11-12-19(20)26-24(21)25-22(27)13-17-8-4-6-10-23(17)28(25)15-29-26;1-23(2)18-8-5-11-24-13-25-22-16-10-9-14-6-3-4-7-15(14)17(16)12-19(23)20(22)21(18)24;;;/h3-16H,17H2,1-2H3;3-14H,15H2,1-2H3;3-12H,13H2,1-2H3;3*1H4/q3*+1;;;. The molecule has 0 bridgehead atoms. The smallest absolute Gasteiger partial charge is 0.293 e. The Morgan fingerprint density at radius 1 is 0.311 bits per heavy atom. The molecule has 438 valence electrons. The van der Waals surface area contributed by atoms with Crippen molar-refractivity contribution < 1.29 is 27.9 Å². The second kappa shape index (κ2) is 19.2. The third-order valence-corrected chi connectivity index (χ3v) is 20.8. The SMILES string of the molecule is C.C.C.CC1(C)c2cc3c(ccc4ccccc43)c3c2-c2c1cc1ccccc1[n+]2CO3.CC1(C)c2cc3c(ccc4ccccc43)c3c2-c2c1ccc[n+]2CO3.CC1(C)c2cc3cc4ccccc4cc3c3c2-c2c1c1c(ccc4ccccc41)c[n+]2CO3. The Labute approximate surface area is 525 Å². The summed E-state index contributed by atoms with van der Waals surface area (Å²) in [6.45, 7) is 15.8. The highest BCUT2D eigenvalue weighted by Crippen LogP contribution is 2.59. The minimum atomic E-state index is -0.127. The number of benzene rings is 12. The highest BCUT2D eigenvalue weighted by molar-refractivity contribution is 6.16. The molecule has 21 rings (SSSR count). The second-order valence-electron chi connectivity index (χ2n) is 26.5. The summed E-state index contributed by atoms with van der Waals surface area (Å²) in [4.78, 5) is 0. The minimum absolute atomic E-state index is 0. The topological polar surface area (TPSA) is 39.3 Å². The Balaban J connectivity index is 0.000000107. The summed E-state index contributed by atoms with van der Waals surface area (Å²) < 4.78 is 26.2. The zero-order valence-corrected chi connectivity index (χ0v) is 49.5. The Hall–Kier alpha value is -10.2. The zero-order valence-electron chi connectivity index (χ0n) is 49.5. The highest BCUT2D eigenvalue weighted by Gasteiger charge is 2.50. The van der Waals surface area contributed by atoms with Crippen LogP contribution in [0, 0.1) is 0 Å². The number of aromatic nitrogens is 3. The first-order valence-electron chi connectivity index (χ1n) is 30.7. The van der Waals surface area contributed by atoms with Crippen molar-refractivity contribution in [3.63, 3.8) is 0 Å². The molecule has 6 aliphatic rings. The minimum Gasteiger partial charge on any atom is -0.434 e. The molecule has 0 spiro atoms. The fraction of sp³-hybridized carbons (Fsp3) is 0.179. The van der Waals surface area contributed by atoms with Crippen LogP contribution in [-0.2, 0) is 36.4 Å². The van der Waals surface area contributed by atoms with Gasteiger partial charge in [0.25, 0.3) is 20.2 Å². The van der Waals surface area contributed by atoms with E-state index in [2.05, 4.69) is 274 Å². The number of fused-ring (bicyclic) bond motifs is 17. The van der Waals surface area contributed by atoms with Crippen LogP contribution in [0.2, 0.25) is 0 Å². The van der Waals surface area contributed by atoms with E-state index in [0.29, 0.717) is 20.2 Å². The van der Waals surface area contributed by atoms with E-state index in [1.807, 2.05) is 0 Å². The van der Waals surface area contributed by atoms with Crippen LogP contribution in [0.3, 0.4) is 0 Å². The molecule has 6 nitrogen and oxygen atoms in total. The van der Waals surface area contributed by atoms with E-state index >= 15 is 0 Å². The molecule has 0 amide bonds. The van der Waals surface area contributed by atoms with Crippen molar-refractivity contribution in [2.75, 3.05) is 0 Å². The summed E-state index contributed by atoms with van der Waals surface area (Å²) in [5, 5.41) is 21.7. The van der Waals surface area contributed by atoms with Crippen LogP contribution in [0.25, 0.3) is 131 Å². The Kier molecular flexibility index (Phi) is 11.7. The second-order valence-corrected chi connectivity index (χ2v) is 26.5. The molecular weight excluding hydrogens is 1100 g/mol. The molecule has 0 unspecified atom stereocenters. The molecule has 0 atom stereocenters. The van der Waals surface area contributed by atoms with Crippen molar-refractivity contribution in [1.29, 1.82) is 0 Å². The van der Waals surface area contributed by atoms with Gasteiger partial charge in [-0.25, -0.2) is 0 Å². The van der Waals surface area contributed by atoms with Gasteiger partial charge in [0, 0.05) is 77.4 Å². The quantitative estimate of drug-likeness (QED) is 0.0863. The third kappa shape index (κ3) is 7.19. The maximum atomic E-state index is 6.52. The summed E-state index contributed by atoms with van der Waals surface area (Å²) >= 11 is 0. The maximum absolute atomic E-state index is 6.52. The van der Waals surface area contributed by atoms with Gasteiger partial charge in [-0.15, -0.1) is 0 Å². The van der Waals surface area contributed by atoms with Crippen LogP contribution in [-0.4, -0.2) is 0 Å². The molecule has 12 aromatic carbocycles. The first kappa shape index (κ1) is 55.2. The van der Waals surface area contributed by atoms with Crippen LogP contribution in [0.5, 0.6) is 17.2 Å². The van der Waals surface area contributed by atoms with E-state index in [1.54, 1.807) is 0 Å². The van der Waals surface area contributed by atoms with E-state index in [0.717, 1.165) is 17.2 Å². The van der Waals surface area contributed by atoms with E-state index in [-0.39, 0.29) is 38.5 Å². The zero-order chi connectivity index (χ0) is 58.0. The molecule has 0 fully saturated rings. The van der Waals surface area contributed by atoms with E-state index < -0.39 is 0 Å². The molecule has 6 heteroatoms. The van der Waals surface area contributed by atoms with Crippen LogP contribution < -0.4 is 27.9 Å². The molecule has 0 N–H and O–H groups in total. The lowest BCUT2D eigenvalue weighted by molar-refractivity contribution is -0.717. The molecule has 0 saturated heterocycles. The molecule has 6 heterocycles. The largest absolute Gasteiger partial charge is 0.434 e. The summed E-state index contributed by atoms with van der Waals surface area (Å²) in [6.07, 6.45) is 4.40. The lowest BCUT2D eigenvalue weighted by Crippen LogP contribution is -2.42. The number of ether oxygens (including phenoxy) is 3. The van der Waals surface area contributed by atoms with Gasteiger partial charge in [-0.2, -0.15) is 13.7 Å². The van der Waals surface area contributed by atoms with Gasteiger partial charge in [0.05, 0.1) is 16.7 Å². The molecule has 3 aliphatic carbocycles. The molecule has 15 aromatic rings. The first-order valence-corrected chi connectivity index (χ1v) is 30.7. The molecule has 3 aliphatic heterocycles. The summed E-state index contributed by atoms with van der Waals surface area (Å²) in [5.41, 5.74) is 17.2. The molecule has 90 heavy (non-hydrogen) atoms. The van der Waals surface area contributed by atoms with Crippen LogP contribution >= 0.6 is 0 Å². The Morgan fingerprint density at radius 2 is 0.789 bits per heavy atom. The van der Waals surface area contributed by atoms with Gasteiger partial charge >= 0.3 is 0 Å². The average Bonchev–Trinajstić information content (AvgIpc) is 1.53. The Bertz CT molecular complexity index is 5700. The molecule has 0 radical (unpaired) electrons. The van der Waals surface area contributed by atoms with Crippen molar-refractivity contribution in [1.82, 2.24) is 0 Å². The number of nitrogens with zero attached hydrogens (tertiary/aromatic N) is 3. The normalized spacial score (nSPS) is 15.1. The average molecular weight is 1170 g/mol. The number of para-hydroxylation sites is 1. The van der Waals surface area contributed by atoms with Crippen molar-refractivity contribution in [2.45, 2.75) is 100 Å². The molecule has 0 saturated carbocycles. The van der Waals surface area contributed by atoms with Crippen molar-refractivity contribution in [2.24, 2.45) is 0 Å². The first-order chi connectivity index (χ1) is 42.4. The van der Waals surface area contributed by atoms with Gasteiger partial charge in [-0.05, 0) is 143 Å². The maximum Gasteiger partial charge on any atom is 0.293 e. The fourth-order valence-electron chi connectivity index (χ4n) is 16.6. The van der Waals surface area contributed by atoms with Crippen LogP contribution in [0.4, 0.5) is 0 Å². The predicted octanol–water partition coefficient (Wildman–Crippen LogP) is 20.2. The van der Waals surface area contributed by atoms with E-state index in [9.17, 15) is 0 Å². The lowest BCUT2D eigenvalue weighted by atomic mass is 9.79. The van der Waals surface area contributed by atoms with Gasteiger partial charge in [0.1, 0.15) is 17.2 Å². The number of pyridine rings is 3. The Morgan fingerprint density at radius 3 is 1.46 bits per heavy atom. The van der Waals surface area contributed by atoms with Crippen molar-refractivity contribution in [3.05, 3.63) is 252 Å². The van der Waals surface area contributed by atoms with Gasteiger partial charge in [0.15, 0.2) is 12.4 Å². The summed E-state index contributed by atoms with van der Waals surface area (Å²) in [6, 6.07) is 75.3. The van der Waals surface area contributed by atoms with Gasteiger partial charge in [-0.3, -0.25) is 0 Å². The van der Waals surface area contributed by atoms with Gasteiger partial charge in [0.2, 0.25) is 22.6 Å². The van der Waals surface area contributed by atoms with Gasteiger partial charge < -0.3 is 14.2 Å². The monoisotopic (exact) mass is 1170 g/mol. The van der Waals surface area contributed by atoms with Crippen LogP contribution in [0.1, 0.15) is 97.2 Å². The molecular formula is C84H72N3O3+3. The number of hydrogen-bond donors (Lipinski definition) is 0. The van der Waals surface area contributed by atoms with E-state index in [4.69, 9.17) is 14.2 Å². The lowest BCUT2D eigenvalue weighted by Gasteiger charge is -2.22.